The first-order valence-corrected chi connectivity index (χ1v) is 5.66. The first-order valence-electron chi connectivity index (χ1n) is 5.66. The second-order valence-electron chi connectivity index (χ2n) is 4.16. The lowest BCUT2D eigenvalue weighted by atomic mass is 10.3. The number of pyridine rings is 1. The van der Waals surface area contributed by atoms with Crippen LogP contribution in [0.1, 0.15) is 16.9 Å². The highest BCUT2D eigenvalue weighted by Crippen LogP contribution is 2.06. The van der Waals surface area contributed by atoms with E-state index in [4.69, 9.17) is 0 Å². The molecule has 0 aliphatic carbocycles. The molecular weight excluding hydrogens is 202 g/mol. The van der Waals surface area contributed by atoms with Gasteiger partial charge in [-0.25, -0.2) is 0 Å². The third-order valence-electron chi connectivity index (χ3n) is 2.89. The van der Waals surface area contributed by atoms with E-state index >= 15 is 0 Å². The standard InChI is InChI=1S/C12H17N3O/c1-14-7-4-8-15(10-9-14)12(16)11-5-2-3-6-13-11/h2-3,5-6H,4,7-10H2,1H3. The quantitative estimate of drug-likeness (QED) is 0.703. The number of carbonyl (C=O) groups is 1. The molecule has 2 heterocycles. The van der Waals surface area contributed by atoms with Crippen molar-refractivity contribution < 1.29 is 4.79 Å². The molecule has 4 heteroatoms. The predicted octanol–water partition coefficient (Wildman–Crippen LogP) is 0.859. The van der Waals surface area contributed by atoms with E-state index in [1.165, 1.54) is 0 Å². The van der Waals surface area contributed by atoms with Crippen molar-refractivity contribution in [2.45, 2.75) is 6.42 Å². The van der Waals surface area contributed by atoms with E-state index in [0.29, 0.717) is 5.69 Å². The summed E-state index contributed by atoms with van der Waals surface area (Å²) in [6.45, 7) is 3.64. The summed E-state index contributed by atoms with van der Waals surface area (Å²) in [6, 6.07) is 5.45. The van der Waals surface area contributed by atoms with E-state index in [0.717, 1.165) is 32.6 Å². The van der Waals surface area contributed by atoms with Gasteiger partial charge in [-0.1, -0.05) is 6.07 Å². The van der Waals surface area contributed by atoms with Gasteiger partial charge in [-0.3, -0.25) is 9.78 Å². The van der Waals surface area contributed by atoms with Crippen LogP contribution >= 0.6 is 0 Å². The van der Waals surface area contributed by atoms with Crippen molar-refractivity contribution in [3.05, 3.63) is 30.1 Å². The molecule has 0 spiro atoms. The van der Waals surface area contributed by atoms with E-state index in [2.05, 4.69) is 16.9 Å². The maximum atomic E-state index is 12.1. The van der Waals surface area contributed by atoms with Gasteiger partial charge < -0.3 is 9.80 Å². The monoisotopic (exact) mass is 219 g/mol. The fraction of sp³-hybridized carbons (Fsp3) is 0.500. The molecule has 1 aliphatic rings. The van der Waals surface area contributed by atoms with Crippen molar-refractivity contribution in [3.8, 4) is 0 Å². The Morgan fingerprint density at radius 1 is 1.25 bits per heavy atom. The number of aromatic nitrogens is 1. The smallest absolute Gasteiger partial charge is 0.272 e. The number of amides is 1. The molecule has 0 atom stereocenters. The molecule has 4 nitrogen and oxygen atoms in total. The van der Waals surface area contributed by atoms with Gasteiger partial charge in [0.15, 0.2) is 0 Å². The number of carbonyl (C=O) groups excluding carboxylic acids is 1. The van der Waals surface area contributed by atoms with Gasteiger partial charge in [-0.05, 0) is 32.1 Å². The second-order valence-corrected chi connectivity index (χ2v) is 4.16. The molecule has 1 aliphatic heterocycles. The third kappa shape index (κ3) is 2.58. The van der Waals surface area contributed by atoms with Gasteiger partial charge in [0.1, 0.15) is 5.69 Å². The van der Waals surface area contributed by atoms with Crippen LogP contribution in [-0.4, -0.2) is 53.9 Å². The van der Waals surface area contributed by atoms with Crippen LogP contribution in [0, 0.1) is 0 Å². The SMILES string of the molecule is CN1CCCN(C(=O)c2ccccn2)CC1. The molecule has 86 valence electrons. The number of rotatable bonds is 1. The van der Waals surface area contributed by atoms with Crippen LogP contribution in [0.4, 0.5) is 0 Å². The molecule has 1 saturated heterocycles. The lowest BCUT2D eigenvalue weighted by Crippen LogP contribution is -2.34. The minimum atomic E-state index is 0.0518. The van der Waals surface area contributed by atoms with E-state index in [1.54, 1.807) is 12.3 Å². The maximum Gasteiger partial charge on any atom is 0.272 e. The Bertz CT molecular complexity index is 353. The van der Waals surface area contributed by atoms with E-state index in [9.17, 15) is 4.79 Å². The first kappa shape index (κ1) is 11.1. The van der Waals surface area contributed by atoms with Gasteiger partial charge in [0.25, 0.3) is 5.91 Å². The summed E-state index contributed by atoms with van der Waals surface area (Å²) in [5.41, 5.74) is 0.548. The zero-order chi connectivity index (χ0) is 11.4. The summed E-state index contributed by atoms with van der Waals surface area (Å²) in [6.07, 6.45) is 2.70. The number of likely N-dealkylation sites (N-methyl/N-ethyl adjacent to an activating group) is 1. The van der Waals surface area contributed by atoms with Crippen LogP contribution in [0.15, 0.2) is 24.4 Å². The van der Waals surface area contributed by atoms with Gasteiger partial charge in [-0.15, -0.1) is 0 Å². The average molecular weight is 219 g/mol. The van der Waals surface area contributed by atoms with Gasteiger partial charge in [0.05, 0.1) is 0 Å². The molecule has 1 amide bonds. The zero-order valence-electron chi connectivity index (χ0n) is 9.59. The molecule has 0 bridgehead atoms. The Labute approximate surface area is 95.9 Å². The summed E-state index contributed by atoms with van der Waals surface area (Å²) in [4.78, 5) is 20.4. The average Bonchev–Trinajstić information content (AvgIpc) is 2.54. The number of hydrogen-bond acceptors (Lipinski definition) is 3. The molecule has 1 aromatic heterocycles. The Morgan fingerprint density at radius 2 is 2.12 bits per heavy atom. The van der Waals surface area contributed by atoms with Crippen LogP contribution in [0.25, 0.3) is 0 Å². The number of nitrogens with zero attached hydrogens (tertiary/aromatic N) is 3. The summed E-state index contributed by atoms with van der Waals surface area (Å²) >= 11 is 0. The molecular formula is C12H17N3O. The lowest BCUT2D eigenvalue weighted by molar-refractivity contribution is 0.0757. The third-order valence-corrected chi connectivity index (χ3v) is 2.89. The van der Waals surface area contributed by atoms with Crippen molar-refractivity contribution in [2.75, 3.05) is 33.2 Å². The molecule has 2 rings (SSSR count). The molecule has 0 radical (unpaired) electrons. The highest BCUT2D eigenvalue weighted by atomic mass is 16.2. The first-order chi connectivity index (χ1) is 7.77. The molecule has 0 N–H and O–H groups in total. The van der Waals surface area contributed by atoms with Crippen LogP contribution in [-0.2, 0) is 0 Å². The summed E-state index contributed by atoms with van der Waals surface area (Å²) < 4.78 is 0. The summed E-state index contributed by atoms with van der Waals surface area (Å²) in [5.74, 6) is 0.0518. The van der Waals surface area contributed by atoms with E-state index < -0.39 is 0 Å². The van der Waals surface area contributed by atoms with Crippen molar-refractivity contribution in [3.63, 3.8) is 0 Å². The fourth-order valence-electron chi connectivity index (χ4n) is 1.90. The van der Waals surface area contributed by atoms with Crippen molar-refractivity contribution in [1.82, 2.24) is 14.8 Å². The summed E-state index contributed by atoms with van der Waals surface area (Å²) in [7, 11) is 2.09. The van der Waals surface area contributed by atoms with Crippen LogP contribution in [0.2, 0.25) is 0 Å². The Kier molecular flexibility index (Phi) is 3.51. The van der Waals surface area contributed by atoms with Crippen LogP contribution in [0.5, 0.6) is 0 Å². The van der Waals surface area contributed by atoms with E-state index in [1.807, 2.05) is 17.0 Å². The highest BCUT2D eigenvalue weighted by molar-refractivity contribution is 5.92. The Hall–Kier alpha value is -1.42. The topological polar surface area (TPSA) is 36.4 Å². The second kappa shape index (κ2) is 5.07. The van der Waals surface area contributed by atoms with Crippen molar-refractivity contribution in [2.24, 2.45) is 0 Å². The summed E-state index contributed by atoms with van der Waals surface area (Å²) in [5, 5.41) is 0. The van der Waals surface area contributed by atoms with Gasteiger partial charge in [0, 0.05) is 25.8 Å². The van der Waals surface area contributed by atoms with Gasteiger partial charge in [-0.2, -0.15) is 0 Å². The minimum Gasteiger partial charge on any atom is -0.336 e. The Morgan fingerprint density at radius 3 is 2.88 bits per heavy atom. The van der Waals surface area contributed by atoms with Gasteiger partial charge in [0.2, 0.25) is 0 Å². The van der Waals surface area contributed by atoms with Crippen LogP contribution in [0.3, 0.4) is 0 Å². The molecule has 16 heavy (non-hydrogen) atoms. The van der Waals surface area contributed by atoms with Gasteiger partial charge >= 0.3 is 0 Å². The van der Waals surface area contributed by atoms with E-state index in [-0.39, 0.29) is 5.91 Å². The maximum absolute atomic E-state index is 12.1. The Balaban J connectivity index is 2.04. The minimum absolute atomic E-state index is 0.0518. The van der Waals surface area contributed by atoms with Crippen molar-refractivity contribution in [1.29, 1.82) is 0 Å². The predicted molar refractivity (Wildman–Crippen MR) is 62.3 cm³/mol. The number of hydrogen-bond donors (Lipinski definition) is 0. The molecule has 0 aromatic carbocycles. The molecule has 0 unspecified atom stereocenters. The lowest BCUT2D eigenvalue weighted by Gasteiger charge is -2.19. The molecule has 0 saturated carbocycles. The largest absolute Gasteiger partial charge is 0.336 e. The van der Waals surface area contributed by atoms with Crippen LogP contribution < -0.4 is 0 Å². The normalized spacial score (nSPS) is 18.2. The highest BCUT2D eigenvalue weighted by Gasteiger charge is 2.19. The fourth-order valence-corrected chi connectivity index (χ4v) is 1.90. The molecule has 1 aromatic rings. The van der Waals surface area contributed by atoms with Crippen molar-refractivity contribution >= 4 is 5.91 Å². The molecule has 1 fully saturated rings. The zero-order valence-corrected chi connectivity index (χ0v) is 9.59.